The predicted octanol–water partition coefficient (Wildman–Crippen LogP) is 4.60. The number of benzene rings is 2. The van der Waals surface area contributed by atoms with Crippen molar-refractivity contribution in [2.45, 2.75) is 20.8 Å². The Morgan fingerprint density at radius 1 is 1.13 bits per heavy atom. The van der Waals surface area contributed by atoms with Crippen LogP contribution in [0, 0.1) is 0 Å². The molecule has 0 radical (unpaired) electrons. The molecule has 0 aromatic heterocycles. The molecule has 0 spiro atoms. The van der Waals surface area contributed by atoms with Crippen molar-refractivity contribution in [2.24, 2.45) is 5.10 Å². The third-order valence-electron chi connectivity index (χ3n) is 4.35. The Bertz CT molecular complexity index is 1030. The Morgan fingerprint density at radius 3 is 2.55 bits per heavy atom. The van der Waals surface area contributed by atoms with Crippen LogP contribution in [0.2, 0.25) is 0 Å². The number of hydrogen-bond donors (Lipinski definition) is 0. The molecule has 1 heterocycles. The van der Waals surface area contributed by atoms with Gasteiger partial charge in [-0.1, -0.05) is 18.2 Å². The summed E-state index contributed by atoms with van der Waals surface area (Å²) in [4.78, 5) is 24.6. The zero-order chi connectivity index (χ0) is 22.4. The van der Waals surface area contributed by atoms with E-state index in [2.05, 4.69) is 21.0 Å². The molecule has 0 saturated carbocycles. The number of carbonyl (C=O) groups excluding carboxylic acids is 2. The number of hydrazone groups is 1. The number of hydrogen-bond acceptors (Lipinski definition) is 6. The highest BCUT2D eigenvalue weighted by atomic mass is 79.9. The van der Waals surface area contributed by atoms with Crippen LogP contribution in [-0.4, -0.2) is 37.4 Å². The summed E-state index contributed by atoms with van der Waals surface area (Å²) in [6.45, 7) is 5.83. The number of nitrogens with zero attached hydrogens (tertiary/aromatic N) is 2. The van der Waals surface area contributed by atoms with Crippen molar-refractivity contribution in [3.63, 3.8) is 0 Å². The van der Waals surface area contributed by atoms with Gasteiger partial charge in [0.05, 0.1) is 34.7 Å². The molecule has 7 nitrogen and oxygen atoms in total. The van der Waals surface area contributed by atoms with E-state index in [0.717, 1.165) is 5.56 Å². The fourth-order valence-electron chi connectivity index (χ4n) is 3.00. The first kappa shape index (κ1) is 22.6. The summed E-state index contributed by atoms with van der Waals surface area (Å²) in [5, 5.41) is 5.78. The number of ether oxygens (including phenoxy) is 3. The molecule has 0 unspecified atom stereocenters. The van der Waals surface area contributed by atoms with Crippen molar-refractivity contribution in [1.29, 1.82) is 0 Å². The molecule has 0 aliphatic carbocycles. The SMILES string of the molecule is CCOC(=O)COc1c(Br)cc(/C=C2/C(=O)N(c3ccccc3)N=C2C)cc1OCC. The molecule has 31 heavy (non-hydrogen) atoms. The Morgan fingerprint density at radius 2 is 1.87 bits per heavy atom. The number of amides is 1. The lowest BCUT2D eigenvalue weighted by molar-refractivity contribution is -0.145. The third-order valence-corrected chi connectivity index (χ3v) is 4.93. The molecular formula is C23H23BrN2O5. The number of halogens is 1. The summed E-state index contributed by atoms with van der Waals surface area (Å²) in [7, 11) is 0. The normalized spacial score (nSPS) is 14.6. The highest BCUT2D eigenvalue weighted by Crippen LogP contribution is 2.38. The van der Waals surface area contributed by atoms with Gasteiger partial charge in [-0.2, -0.15) is 10.1 Å². The zero-order valence-electron chi connectivity index (χ0n) is 17.6. The largest absolute Gasteiger partial charge is 0.490 e. The molecule has 1 aliphatic rings. The van der Waals surface area contributed by atoms with Gasteiger partial charge in [0, 0.05) is 0 Å². The first-order valence-electron chi connectivity index (χ1n) is 9.86. The topological polar surface area (TPSA) is 77.4 Å². The molecule has 162 valence electrons. The minimum absolute atomic E-state index is 0.208. The smallest absolute Gasteiger partial charge is 0.344 e. The Labute approximate surface area is 189 Å². The van der Waals surface area contributed by atoms with E-state index in [4.69, 9.17) is 14.2 Å². The van der Waals surface area contributed by atoms with Crippen LogP contribution < -0.4 is 14.5 Å². The van der Waals surface area contributed by atoms with E-state index in [0.29, 0.717) is 39.6 Å². The van der Waals surface area contributed by atoms with Crippen molar-refractivity contribution < 1.29 is 23.8 Å². The van der Waals surface area contributed by atoms with Crippen LogP contribution in [-0.2, 0) is 14.3 Å². The Balaban J connectivity index is 1.89. The third kappa shape index (κ3) is 5.32. The van der Waals surface area contributed by atoms with Crippen LogP contribution in [0.15, 0.2) is 57.6 Å². The lowest BCUT2D eigenvalue weighted by Gasteiger charge is -2.14. The maximum atomic E-state index is 12.9. The molecule has 0 fully saturated rings. The van der Waals surface area contributed by atoms with Crippen LogP contribution in [0.25, 0.3) is 6.08 Å². The highest BCUT2D eigenvalue weighted by Gasteiger charge is 2.28. The van der Waals surface area contributed by atoms with Crippen LogP contribution in [0.5, 0.6) is 11.5 Å². The molecular weight excluding hydrogens is 464 g/mol. The van der Waals surface area contributed by atoms with E-state index < -0.39 is 5.97 Å². The van der Waals surface area contributed by atoms with Gasteiger partial charge in [0.25, 0.3) is 5.91 Å². The molecule has 0 N–H and O–H groups in total. The fourth-order valence-corrected chi connectivity index (χ4v) is 3.58. The van der Waals surface area contributed by atoms with E-state index in [9.17, 15) is 9.59 Å². The number of para-hydroxylation sites is 1. The van der Waals surface area contributed by atoms with Gasteiger partial charge in [-0.25, -0.2) is 4.79 Å². The van der Waals surface area contributed by atoms with Gasteiger partial charge in [-0.3, -0.25) is 4.79 Å². The number of esters is 1. The Kier molecular flexibility index (Phi) is 7.46. The van der Waals surface area contributed by atoms with Gasteiger partial charge in [0.2, 0.25) is 0 Å². The van der Waals surface area contributed by atoms with E-state index in [-0.39, 0.29) is 19.1 Å². The molecule has 2 aromatic carbocycles. The van der Waals surface area contributed by atoms with E-state index in [1.54, 1.807) is 32.1 Å². The Hall–Kier alpha value is -3.13. The molecule has 1 aliphatic heterocycles. The molecule has 3 rings (SSSR count). The van der Waals surface area contributed by atoms with Gasteiger partial charge in [-0.15, -0.1) is 0 Å². The zero-order valence-corrected chi connectivity index (χ0v) is 19.1. The van der Waals surface area contributed by atoms with Crippen LogP contribution in [0.3, 0.4) is 0 Å². The van der Waals surface area contributed by atoms with Crippen molar-refractivity contribution >= 4 is 45.3 Å². The molecule has 2 aromatic rings. The van der Waals surface area contributed by atoms with E-state index in [1.165, 1.54) is 5.01 Å². The fraction of sp³-hybridized carbons (Fsp3) is 0.261. The maximum absolute atomic E-state index is 12.9. The molecule has 0 bridgehead atoms. The molecule has 0 atom stereocenters. The minimum Gasteiger partial charge on any atom is -0.490 e. The monoisotopic (exact) mass is 486 g/mol. The standard InChI is InChI=1S/C23H23BrN2O5/c1-4-29-20-13-16(12-19(24)22(20)31-14-21(27)30-5-2)11-18-15(3)25-26(23(18)28)17-9-7-6-8-10-17/h6-13H,4-5,14H2,1-3H3/b18-11+. The van der Waals surface area contributed by atoms with Crippen molar-refractivity contribution in [1.82, 2.24) is 0 Å². The summed E-state index contributed by atoms with van der Waals surface area (Å²) in [6.07, 6.45) is 1.76. The number of rotatable bonds is 8. The van der Waals surface area contributed by atoms with Crippen molar-refractivity contribution in [3.05, 3.63) is 58.1 Å². The highest BCUT2D eigenvalue weighted by molar-refractivity contribution is 9.10. The quantitative estimate of drug-likeness (QED) is 0.402. The summed E-state index contributed by atoms with van der Waals surface area (Å²) in [6, 6.07) is 12.8. The average Bonchev–Trinajstić information content (AvgIpc) is 3.02. The predicted molar refractivity (Wildman–Crippen MR) is 122 cm³/mol. The second kappa shape index (κ2) is 10.3. The first-order valence-corrected chi connectivity index (χ1v) is 10.6. The average molecular weight is 487 g/mol. The van der Waals surface area contributed by atoms with Gasteiger partial charge < -0.3 is 14.2 Å². The first-order chi connectivity index (χ1) is 14.9. The van der Waals surface area contributed by atoms with Crippen LogP contribution in [0.1, 0.15) is 26.3 Å². The lowest BCUT2D eigenvalue weighted by atomic mass is 10.1. The van der Waals surface area contributed by atoms with Crippen LogP contribution >= 0.6 is 15.9 Å². The van der Waals surface area contributed by atoms with Gasteiger partial charge >= 0.3 is 5.97 Å². The van der Waals surface area contributed by atoms with Gasteiger partial charge in [-0.05, 0) is 72.6 Å². The van der Waals surface area contributed by atoms with Gasteiger partial charge in [0.1, 0.15) is 0 Å². The second-order valence-electron chi connectivity index (χ2n) is 6.55. The van der Waals surface area contributed by atoms with Crippen molar-refractivity contribution in [3.8, 4) is 11.5 Å². The lowest BCUT2D eigenvalue weighted by Crippen LogP contribution is -2.21. The number of carbonyl (C=O) groups is 2. The second-order valence-corrected chi connectivity index (χ2v) is 7.41. The number of anilines is 1. The van der Waals surface area contributed by atoms with E-state index in [1.807, 2.05) is 37.3 Å². The van der Waals surface area contributed by atoms with Crippen molar-refractivity contribution in [2.75, 3.05) is 24.8 Å². The molecule has 1 amide bonds. The van der Waals surface area contributed by atoms with Crippen LogP contribution in [0.4, 0.5) is 5.69 Å². The van der Waals surface area contributed by atoms with Gasteiger partial charge in [0.15, 0.2) is 18.1 Å². The summed E-state index contributed by atoms with van der Waals surface area (Å²) < 4.78 is 16.8. The minimum atomic E-state index is -0.465. The summed E-state index contributed by atoms with van der Waals surface area (Å²) in [5.41, 5.74) is 2.53. The molecule has 0 saturated heterocycles. The van der Waals surface area contributed by atoms with E-state index >= 15 is 0 Å². The maximum Gasteiger partial charge on any atom is 0.344 e. The molecule has 8 heteroatoms. The summed E-state index contributed by atoms with van der Waals surface area (Å²) in [5.74, 6) is 0.173. The summed E-state index contributed by atoms with van der Waals surface area (Å²) >= 11 is 3.47.